The van der Waals surface area contributed by atoms with Crippen LogP contribution >= 0.6 is 0 Å². The fourth-order valence-corrected chi connectivity index (χ4v) is 1.03. The molecule has 1 heterocycles. The molecule has 1 unspecified atom stereocenters. The van der Waals surface area contributed by atoms with Crippen LogP contribution in [0, 0.1) is 0 Å². The highest BCUT2D eigenvalue weighted by Crippen LogP contribution is 2.17. The number of hydrogen-bond acceptors (Lipinski definition) is 5. The molecule has 0 bridgehead atoms. The smallest absolute Gasteiger partial charge is 0.306 e. The Hall–Kier alpha value is -1.39. The maximum atomic E-state index is 11.0. The molecule has 14 heavy (non-hydrogen) atoms. The van der Waals surface area contributed by atoms with Crippen LogP contribution in [0.1, 0.15) is 38.0 Å². The van der Waals surface area contributed by atoms with Gasteiger partial charge in [-0.05, 0) is 0 Å². The Morgan fingerprint density at radius 1 is 1.57 bits per heavy atom. The summed E-state index contributed by atoms with van der Waals surface area (Å²) in [5.41, 5.74) is 0. The van der Waals surface area contributed by atoms with Crippen LogP contribution in [0.4, 0.5) is 0 Å². The van der Waals surface area contributed by atoms with E-state index in [0.717, 1.165) is 0 Å². The van der Waals surface area contributed by atoms with Crippen molar-refractivity contribution in [2.45, 2.75) is 32.6 Å². The van der Waals surface area contributed by atoms with E-state index in [2.05, 4.69) is 14.9 Å². The summed E-state index contributed by atoms with van der Waals surface area (Å²) in [4.78, 5) is 11.0. The Bertz CT molecular complexity index is 309. The highest BCUT2D eigenvalue weighted by molar-refractivity contribution is 5.69. The van der Waals surface area contributed by atoms with Crippen LogP contribution in [0.2, 0.25) is 0 Å². The molecule has 0 aliphatic carbocycles. The number of aryl methyl sites for hydroxylation is 1. The lowest BCUT2D eigenvalue weighted by Crippen LogP contribution is -2.06. The maximum absolute atomic E-state index is 11.0. The van der Waals surface area contributed by atoms with Crippen molar-refractivity contribution in [1.82, 2.24) is 10.2 Å². The quantitative estimate of drug-likeness (QED) is 0.682. The number of ether oxygens (including phenoxy) is 1. The third-order valence-corrected chi connectivity index (χ3v) is 1.91. The molecule has 0 radical (unpaired) electrons. The van der Waals surface area contributed by atoms with E-state index >= 15 is 0 Å². The fourth-order valence-electron chi connectivity index (χ4n) is 1.03. The molecular weight excluding hydrogens is 184 g/mol. The van der Waals surface area contributed by atoms with E-state index in [9.17, 15) is 4.79 Å². The first kappa shape index (κ1) is 10.7. The number of aromatic nitrogens is 2. The van der Waals surface area contributed by atoms with Gasteiger partial charge in [-0.1, -0.05) is 13.8 Å². The van der Waals surface area contributed by atoms with Crippen LogP contribution in [-0.4, -0.2) is 23.3 Å². The van der Waals surface area contributed by atoms with Gasteiger partial charge < -0.3 is 9.15 Å². The van der Waals surface area contributed by atoms with E-state index in [4.69, 9.17) is 4.42 Å². The maximum Gasteiger partial charge on any atom is 0.306 e. The standard InChI is InChI=1S/C9H14N2O3/c1-4-7-10-11-9(14-7)6(2)5-8(12)13-3/h6H,4-5H2,1-3H3. The SMILES string of the molecule is CCc1nnc(C(C)CC(=O)OC)o1. The summed E-state index contributed by atoms with van der Waals surface area (Å²) in [5.74, 6) is 0.730. The van der Waals surface area contributed by atoms with Crippen molar-refractivity contribution >= 4 is 5.97 Å². The van der Waals surface area contributed by atoms with Crippen molar-refractivity contribution in [2.75, 3.05) is 7.11 Å². The first-order valence-electron chi connectivity index (χ1n) is 4.56. The summed E-state index contributed by atoms with van der Waals surface area (Å²) >= 11 is 0. The second-order valence-electron chi connectivity index (χ2n) is 3.07. The van der Waals surface area contributed by atoms with Crippen molar-refractivity contribution < 1.29 is 13.9 Å². The molecule has 0 aliphatic rings. The first-order chi connectivity index (χ1) is 6.67. The molecule has 0 saturated heterocycles. The number of rotatable bonds is 4. The van der Waals surface area contributed by atoms with Crippen LogP contribution in [0.5, 0.6) is 0 Å². The molecule has 0 N–H and O–H groups in total. The van der Waals surface area contributed by atoms with E-state index in [1.54, 1.807) is 0 Å². The van der Waals surface area contributed by atoms with Crippen LogP contribution in [0.3, 0.4) is 0 Å². The number of carbonyl (C=O) groups excluding carboxylic acids is 1. The van der Waals surface area contributed by atoms with Crippen molar-refractivity contribution in [1.29, 1.82) is 0 Å². The Morgan fingerprint density at radius 2 is 2.29 bits per heavy atom. The number of carbonyl (C=O) groups is 1. The van der Waals surface area contributed by atoms with Gasteiger partial charge in [0.05, 0.1) is 13.5 Å². The van der Waals surface area contributed by atoms with Crippen molar-refractivity contribution in [3.05, 3.63) is 11.8 Å². The second kappa shape index (κ2) is 4.74. The number of esters is 1. The molecule has 5 heteroatoms. The molecule has 1 atom stereocenters. The minimum Gasteiger partial charge on any atom is -0.469 e. The van der Waals surface area contributed by atoms with Crippen LogP contribution in [0.15, 0.2) is 4.42 Å². The molecule has 0 aromatic carbocycles. The Kier molecular flexibility index (Phi) is 3.62. The van der Waals surface area contributed by atoms with E-state index in [1.165, 1.54) is 7.11 Å². The average Bonchev–Trinajstić information content (AvgIpc) is 2.65. The summed E-state index contributed by atoms with van der Waals surface area (Å²) in [6, 6.07) is 0. The predicted octanol–water partition coefficient (Wildman–Crippen LogP) is 1.30. The Morgan fingerprint density at radius 3 is 2.79 bits per heavy atom. The molecule has 0 spiro atoms. The molecule has 1 rings (SSSR count). The number of methoxy groups -OCH3 is 1. The van der Waals surface area contributed by atoms with Crippen molar-refractivity contribution in [3.63, 3.8) is 0 Å². The summed E-state index contributed by atoms with van der Waals surface area (Å²) in [6.45, 7) is 3.78. The van der Waals surface area contributed by atoms with Crippen LogP contribution in [0.25, 0.3) is 0 Å². The molecule has 0 fully saturated rings. The van der Waals surface area contributed by atoms with Gasteiger partial charge in [0, 0.05) is 12.3 Å². The highest BCUT2D eigenvalue weighted by Gasteiger charge is 2.17. The average molecular weight is 198 g/mol. The van der Waals surface area contributed by atoms with Crippen molar-refractivity contribution in [2.24, 2.45) is 0 Å². The van der Waals surface area contributed by atoms with Gasteiger partial charge in [-0.25, -0.2) is 0 Å². The topological polar surface area (TPSA) is 65.2 Å². The zero-order valence-corrected chi connectivity index (χ0v) is 8.61. The third kappa shape index (κ3) is 2.55. The molecule has 78 valence electrons. The lowest BCUT2D eigenvalue weighted by molar-refractivity contribution is -0.141. The van der Waals surface area contributed by atoms with Gasteiger partial charge in [0.2, 0.25) is 11.8 Å². The lowest BCUT2D eigenvalue weighted by atomic mass is 10.1. The monoisotopic (exact) mass is 198 g/mol. The molecule has 1 aromatic rings. The summed E-state index contributed by atoms with van der Waals surface area (Å²) in [6.07, 6.45) is 0.972. The normalized spacial score (nSPS) is 12.5. The van der Waals surface area contributed by atoms with E-state index in [0.29, 0.717) is 18.2 Å². The van der Waals surface area contributed by atoms with Gasteiger partial charge in [0.25, 0.3) is 0 Å². The van der Waals surface area contributed by atoms with E-state index in [1.807, 2.05) is 13.8 Å². The number of nitrogens with zero attached hydrogens (tertiary/aromatic N) is 2. The molecule has 0 saturated carbocycles. The van der Waals surface area contributed by atoms with Crippen LogP contribution in [-0.2, 0) is 16.0 Å². The Labute approximate surface area is 82.5 Å². The largest absolute Gasteiger partial charge is 0.469 e. The minimum atomic E-state index is -0.270. The van der Waals surface area contributed by atoms with Crippen molar-refractivity contribution in [3.8, 4) is 0 Å². The molecule has 5 nitrogen and oxygen atoms in total. The first-order valence-corrected chi connectivity index (χ1v) is 4.56. The third-order valence-electron chi connectivity index (χ3n) is 1.91. The van der Waals surface area contributed by atoms with Gasteiger partial charge in [-0.3, -0.25) is 4.79 Å². The van der Waals surface area contributed by atoms with E-state index < -0.39 is 0 Å². The van der Waals surface area contributed by atoms with Gasteiger partial charge in [0.1, 0.15) is 0 Å². The predicted molar refractivity (Wildman–Crippen MR) is 48.7 cm³/mol. The molecular formula is C9H14N2O3. The zero-order valence-electron chi connectivity index (χ0n) is 8.61. The van der Waals surface area contributed by atoms with E-state index in [-0.39, 0.29) is 18.3 Å². The second-order valence-corrected chi connectivity index (χ2v) is 3.07. The highest BCUT2D eigenvalue weighted by atomic mass is 16.5. The number of hydrogen-bond donors (Lipinski definition) is 0. The minimum absolute atomic E-state index is 0.0877. The Balaban J connectivity index is 2.60. The van der Waals surface area contributed by atoms with Gasteiger partial charge in [0.15, 0.2) is 0 Å². The summed E-state index contributed by atoms with van der Waals surface area (Å²) < 4.78 is 9.86. The van der Waals surface area contributed by atoms with Crippen LogP contribution < -0.4 is 0 Å². The molecule has 0 amide bonds. The van der Waals surface area contributed by atoms with Gasteiger partial charge >= 0.3 is 5.97 Å². The summed E-state index contributed by atoms with van der Waals surface area (Å²) in [7, 11) is 1.36. The zero-order chi connectivity index (χ0) is 10.6. The van der Waals surface area contributed by atoms with Gasteiger partial charge in [-0.2, -0.15) is 0 Å². The molecule has 0 aliphatic heterocycles. The lowest BCUT2D eigenvalue weighted by Gasteiger charge is -2.03. The summed E-state index contributed by atoms with van der Waals surface area (Å²) in [5, 5.41) is 7.67. The molecule has 1 aromatic heterocycles. The van der Waals surface area contributed by atoms with Gasteiger partial charge in [-0.15, -0.1) is 10.2 Å². The fraction of sp³-hybridized carbons (Fsp3) is 0.667.